The molecule has 0 saturated heterocycles. The summed E-state index contributed by atoms with van der Waals surface area (Å²) in [4.78, 5) is 35.0. The van der Waals surface area contributed by atoms with E-state index in [2.05, 4.69) is 21.3 Å². The molecule has 0 unspecified atom stereocenters. The van der Waals surface area contributed by atoms with Gasteiger partial charge in [0.15, 0.2) is 11.5 Å². The number of nitrogens with zero attached hydrogens (tertiary/aromatic N) is 3. The number of carbonyl (C=O) groups is 2. The molecule has 8 nitrogen and oxygen atoms in total. The molecule has 0 spiro atoms. The highest BCUT2D eigenvalue weighted by Gasteiger charge is 2.24. The van der Waals surface area contributed by atoms with Gasteiger partial charge in [-0.05, 0) is 66.1 Å². The minimum atomic E-state index is -0.298. The summed E-state index contributed by atoms with van der Waals surface area (Å²) in [6.45, 7) is 2.79. The van der Waals surface area contributed by atoms with E-state index < -0.39 is 0 Å². The summed E-state index contributed by atoms with van der Waals surface area (Å²) in [5, 5.41) is 2.90. The number of methoxy groups -OCH3 is 2. The smallest absolute Gasteiger partial charge is 0.260 e. The van der Waals surface area contributed by atoms with Crippen molar-refractivity contribution < 1.29 is 19.1 Å². The highest BCUT2D eigenvalue weighted by Crippen LogP contribution is 2.33. The Bertz CT molecular complexity index is 1480. The summed E-state index contributed by atoms with van der Waals surface area (Å²) in [5.41, 5.74) is 4.61. The molecule has 8 heteroatoms. The first-order valence-corrected chi connectivity index (χ1v) is 13.2. The molecule has 204 valence electrons. The number of pyridine rings is 1. The number of para-hydroxylation sites is 2. The van der Waals surface area contributed by atoms with Crippen LogP contribution in [-0.4, -0.2) is 55.6 Å². The summed E-state index contributed by atoms with van der Waals surface area (Å²) in [6.07, 6.45) is 4.02. The van der Waals surface area contributed by atoms with Gasteiger partial charge < -0.3 is 19.7 Å². The molecular formula is C32H32N4O4. The van der Waals surface area contributed by atoms with Crippen molar-refractivity contribution in [2.45, 2.75) is 13.0 Å². The SMILES string of the molecule is COc1cc2c(cc1OC)CN(CCN(C(=O)c1ccccc1NC(=O)c1ccncc1)c1ccccc1)CC2. The monoisotopic (exact) mass is 536 g/mol. The Morgan fingerprint density at radius 1 is 0.900 bits per heavy atom. The third-order valence-corrected chi connectivity index (χ3v) is 7.10. The van der Waals surface area contributed by atoms with Crippen LogP contribution >= 0.6 is 0 Å². The Balaban J connectivity index is 1.35. The molecule has 0 radical (unpaired) electrons. The van der Waals surface area contributed by atoms with Gasteiger partial charge >= 0.3 is 0 Å². The fourth-order valence-electron chi connectivity index (χ4n) is 4.95. The molecule has 0 aliphatic carbocycles. The molecule has 2 amide bonds. The molecule has 2 heterocycles. The lowest BCUT2D eigenvalue weighted by Crippen LogP contribution is -2.41. The Hall–Kier alpha value is -4.69. The first-order chi connectivity index (χ1) is 19.6. The Morgan fingerprint density at radius 3 is 2.30 bits per heavy atom. The van der Waals surface area contributed by atoms with Crippen LogP contribution < -0.4 is 19.7 Å². The predicted octanol–water partition coefficient (Wildman–Crippen LogP) is 5.06. The number of nitrogens with one attached hydrogen (secondary N) is 1. The lowest BCUT2D eigenvalue weighted by molar-refractivity contribution is 0.0983. The number of fused-ring (bicyclic) bond motifs is 1. The first kappa shape index (κ1) is 26.9. The minimum absolute atomic E-state index is 0.180. The second-order valence-electron chi connectivity index (χ2n) is 9.53. The van der Waals surface area contributed by atoms with Crippen LogP contribution in [0.3, 0.4) is 0 Å². The molecular weight excluding hydrogens is 504 g/mol. The van der Waals surface area contributed by atoms with Crippen molar-refractivity contribution in [1.29, 1.82) is 0 Å². The van der Waals surface area contributed by atoms with Crippen LogP contribution in [-0.2, 0) is 13.0 Å². The fourth-order valence-corrected chi connectivity index (χ4v) is 4.95. The number of hydrogen-bond donors (Lipinski definition) is 1. The van der Waals surface area contributed by atoms with Gasteiger partial charge in [0.2, 0.25) is 0 Å². The van der Waals surface area contributed by atoms with Gasteiger partial charge in [0, 0.05) is 49.8 Å². The van der Waals surface area contributed by atoms with Crippen LogP contribution in [0, 0.1) is 0 Å². The molecule has 1 aliphatic heterocycles. The highest BCUT2D eigenvalue weighted by molar-refractivity contribution is 6.13. The summed E-state index contributed by atoms with van der Waals surface area (Å²) < 4.78 is 11.0. The molecule has 1 N–H and O–H groups in total. The quantitative estimate of drug-likeness (QED) is 0.322. The van der Waals surface area contributed by atoms with E-state index in [1.165, 1.54) is 11.1 Å². The second kappa shape index (κ2) is 12.4. The Labute approximate surface area is 234 Å². The third-order valence-electron chi connectivity index (χ3n) is 7.10. The van der Waals surface area contributed by atoms with Crippen LogP contribution in [0.1, 0.15) is 31.8 Å². The van der Waals surface area contributed by atoms with Crippen LogP contribution in [0.5, 0.6) is 11.5 Å². The predicted molar refractivity (Wildman–Crippen MR) is 155 cm³/mol. The maximum Gasteiger partial charge on any atom is 0.260 e. The Morgan fingerprint density at radius 2 is 1.57 bits per heavy atom. The molecule has 0 bridgehead atoms. The van der Waals surface area contributed by atoms with Gasteiger partial charge in [-0.1, -0.05) is 30.3 Å². The highest BCUT2D eigenvalue weighted by atomic mass is 16.5. The van der Waals surface area contributed by atoms with E-state index in [-0.39, 0.29) is 11.8 Å². The third kappa shape index (κ3) is 5.97. The lowest BCUT2D eigenvalue weighted by atomic mass is 9.99. The molecule has 1 aromatic heterocycles. The maximum atomic E-state index is 14.0. The molecule has 1 aliphatic rings. The number of amides is 2. The van der Waals surface area contributed by atoms with E-state index >= 15 is 0 Å². The molecule has 0 fully saturated rings. The molecule has 4 aromatic rings. The number of carbonyl (C=O) groups excluding carboxylic acids is 2. The van der Waals surface area contributed by atoms with Gasteiger partial charge in [0.1, 0.15) is 0 Å². The lowest BCUT2D eigenvalue weighted by Gasteiger charge is -2.32. The van der Waals surface area contributed by atoms with Gasteiger partial charge in [-0.15, -0.1) is 0 Å². The topological polar surface area (TPSA) is 84.0 Å². The first-order valence-electron chi connectivity index (χ1n) is 13.2. The number of aromatic nitrogens is 1. The second-order valence-corrected chi connectivity index (χ2v) is 9.53. The number of hydrogen-bond acceptors (Lipinski definition) is 6. The summed E-state index contributed by atoms with van der Waals surface area (Å²) in [6, 6.07) is 24.1. The molecule has 5 rings (SSSR count). The number of benzene rings is 3. The standard InChI is InChI=1S/C32H32N4O4/c1-39-29-20-24-14-17-35(22-25(24)21-30(29)40-2)18-19-36(26-8-4-3-5-9-26)32(38)27-10-6-7-11-28(27)34-31(37)23-12-15-33-16-13-23/h3-13,15-16,20-21H,14,17-19,22H2,1-2H3,(H,34,37). The summed E-state index contributed by atoms with van der Waals surface area (Å²) >= 11 is 0. The van der Waals surface area contributed by atoms with E-state index in [1.54, 1.807) is 61.8 Å². The van der Waals surface area contributed by atoms with Crippen LogP contribution in [0.25, 0.3) is 0 Å². The number of anilines is 2. The average Bonchev–Trinajstić information content (AvgIpc) is 3.01. The van der Waals surface area contributed by atoms with Gasteiger partial charge in [-0.2, -0.15) is 0 Å². The van der Waals surface area contributed by atoms with Crippen LogP contribution in [0.15, 0.2) is 91.3 Å². The maximum absolute atomic E-state index is 14.0. The zero-order valence-electron chi connectivity index (χ0n) is 22.7. The summed E-state index contributed by atoms with van der Waals surface area (Å²) in [7, 11) is 3.29. The van der Waals surface area contributed by atoms with Crippen LogP contribution in [0.2, 0.25) is 0 Å². The zero-order valence-corrected chi connectivity index (χ0v) is 22.7. The van der Waals surface area contributed by atoms with Crippen LogP contribution in [0.4, 0.5) is 11.4 Å². The van der Waals surface area contributed by atoms with E-state index in [0.717, 1.165) is 36.7 Å². The van der Waals surface area contributed by atoms with E-state index in [1.807, 2.05) is 42.5 Å². The molecule has 0 atom stereocenters. The van der Waals surface area contributed by atoms with Gasteiger partial charge in [0.25, 0.3) is 11.8 Å². The van der Waals surface area contributed by atoms with Crippen molar-refractivity contribution in [3.05, 3.63) is 114 Å². The minimum Gasteiger partial charge on any atom is -0.493 e. The number of rotatable bonds is 9. The van der Waals surface area contributed by atoms with Gasteiger partial charge in [0.05, 0.1) is 25.5 Å². The summed E-state index contributed by atoms with van der Waals surface area (Å²) in [5.74, 6) is 0.980. The van der Waals surface area contributed by atoms with E-state index in [9.17, 15) is 9.59 Å². The van der Waals surface area contributed by atoms with E-state index in [4.69, 9.17) is 9.47 Å². The fraction of sp³-hybridized carbons (Fsp3) is 0.219. The van der Waals surface area contributed by atoms with Gasteiger partial charge in [-0.25, -0.2) is 0 Å². The zero-order chi connectivity index (χ0) is 27.9. The largest absolute Gasteiger partial charge is 0.493 e. The van der Waals surface area contributed by atoms with Crippen molar-refractivity contribution in [1.82, 2.24) is 9.88 Å². The Kier molecular flexibility index (Phi) is 8.37. The van der Waals surface area contributed by atoms with Crippen molar-refractivity contribution in [2.75, 3.05) is 44.1 Å². The molecule has 0 saturated carbocycles. The van der Waals surface area contributed by atoms with Crippen molar-refractivity contribution in [3.8, 4) is 11.5 Å². The molecule has 3 aromatic carbocycles. The van der Waals surface area contributed by atoms with E-state index in [0.29, 0.717) is 29.9 Å². The number of ether oxygens (including phenoxy) is 2. The van der Waals surface area contributed by atoms with Gasteiger partial charge in [-0.3, -0.25) is 19.5 Å². The van der Waals surface area contributed by atoms with Crippen molar-refractivity contribution in [2.24, 2.45) is 0 Å². The van der Waals surface area contributed by atoms with Crippen molar-refractivity contribution >= 4 is 23.2 Å². The molecule has 40 heavy (non-hydrogen) atoms. The average molecular weight is 537 g/mol. The van der Waals surface area contributed by atoms with Crippen molar-refractivity contribution in [3.63, 3.8) is 0 Å². The normalized spacial score (nSPS) is 12.8.